The molecule has 0 fully saturated rings. The largest absolute Gasteiger partial charge is 1.00 e. The van der Waals surface area contributed by atoms with Gasteiger partial charge in [0.05, 0.1) is 22.3 Å². The Kier molecular flexibility index (Phi) is 13.3. The Hall–Kier alpha value is -0.157. The van der Waals surface area contributed by atoms with Crippen molar-refractivity contribution in [3.8, 4) is 0 Å². The molecule has 0 aromatic heterocycles. The van der Waals surface area contributed by atoms with Crippen LogP contribution in [0.1, 0.15) is 41.4 Å². The zero-order valence-electron chi connectivity index (χ0n) is 15.4. The molecule has 0 bridgehead atoms. The van der Waals surface area contributed by atoms with Gasteiger partial charge in [0.2, 0.25) is 0 Å². The molecule has 0 aliphatic carbocycles. The fourth-order valence-corrected chi connectivity index (χ4v) is 2.46. The molecule has 0 saturated heterocycles. The van der Waals surface area contributed by atoms with Crippen LogP contribution in [0.2, 0.25) is 10.0 Å². The Balaban J connectivity index is 0.000000452. The van der Waals surface area contributed by atoms with E-state index in [9.17, 15) is 19.2 Å². The number of halogens is 2. The van der Waals surface area contributed by atoms with Gasteiger partial charge in [-0.05, 0) is 42.6 Å². The number of carbonyl (C=O) groups excluding carboxylic acids is 5. The van der Waals surface area contributed by atoms with E-state index in [-0.39, 0.29) is 125 Å². The average molecular weight is 503 g/mol. The zero-order valence-corrected chi connectivity index (χ0v) is 23.2. The maximum absolute atomic E-state index is 10.9. The Labute approximate surface area is 263 Å². The summed E-state index contributed by atoms with van der Waals surface area (Å²) in [6.45, 7) is 0. The molecule has 0 radical (unpaired) electrons. The molecular weight excluding hydrogens is 497 g/mol. The Bertz CT molecular complexity index is 945. The predicted octanol–water partition coefficient (Wildman–Crippen LogP) is -5.14. The molecule has 0 spiro atoms. The second kappa shape index (κ2) is 13.4. The van der Waals surface area contributed by atoms with Crippen LogP contribution in [-0.4, -0.2) is 30.0 Å². The fourth-order valence-electron chi connectivity index (χ4n) is 2.12. The summed E-state index contributed by atoms with van der Waals surface area (Å²) in [5.41, 5.74) is 1.05. The van der Waals surface area contributed by atoms with Crippen LogP contribution in [0.3, 0.4) is 0 Å². The summed E-state index contributed by atoms with van der Waals surface area (Å²) in [5, 5.41) is 17.5. The molecule has 2 heterocycles. The van der Waals surface area contributed by atoms with Gasteiger partial charge in [0.25, 0.3) is 0 Å². The topological polar surface area (TPSA) is 150 Å². The van der Waals surface area contributed by atoms with E-state index >= 15 is 0 Å². The van der Waals surface area contributed by atoms with Crippen molar-refractivity contribution in [3.05, 3.63) is 68.7 Å². The van der Waals surface area contributed by atoms with Gasteiger partial charge in [-0.25, -0.2) is 19.2 Å². The van der Waals surface area contributed by atoms with Crippen LogP contribution in [-0.2, 0) is 9.47 Å². The van der Waals surface area contributed by atoms with Gasteiger partial charge in [-0.3, -0.25) is 0 Å². The standard InChI is InChI=1S/2C8H3ClO3.CH2O3.2K/c2*9-4-1-2-5-6(3-4)8(11)12-7(5)10;2-1(3)4;;/h2*1-3H;(H2,2,3,4);;/q;;;2*+1/p-2. The van der Waals surface area contributed by atoms with E-state index in [1.807, 2.05) is 0 Å². The molecule has 0 unspecified atom stereocenters. The Morgan fingerprint density at radius 2 is 0.900 bits per heavy atom. The van der Waals surface area contributed by atoms with Crippen LogP contribution < -0.4 is 113 Å². The molecule has 144 valence electrons. The normalized spacial score (nSPS) is 12.3. The average Bonchev–Trinajstić information content (AvgIpc) is 3.03. The molecule has 2 aliphatic heterocycles. The molecule has 0 saturated carbocycles. The summed E-state index contributed by atoms with van der Waals surface area (Å²) in [6, 6.07) is 8.88. The van der Waals surface area contributed by atoms with Crippen molar-refractivity contribution in [2.24, 2.45) is 0 Å². The van der Waals surface area contributed by atoms with Gasteiger partial charge >= 0.3 is 127 Å². The summed E-state index contributed by atoms with van der Waals surface area (Å²) in [7, 11) is 0. The maximum atomic E-state index is 10.9. The van der Waals surface area contributed by atoms with Crippen LogP contribution >= 0.6 is 23.2 Å². The van der Waals surface area contributed by atoms with Crippen LogP contribution in [0.4, 0.5) is 4.79 Å². The third-order valence-electron chi connectivity index (χ3n) is 3.21. The summed E-state index contributed by atoms with van der Waals surface area (Å²) in [4.78, 5) is 52.0. The minimum Gasteiger partial charge on any atom is -0.652 e. The Morgan fingerprint density at radius 1 is 0.633 bits per heavy atom. The van der Waals surface area contributed by atoms with Crippen molar-refractivity contribution in [2.45, 2.75) is 0 Å². The number of hydrogen-bond donors (Lipinski definition) is 0. The maximum Gasteiger partial charge on any atom is 1.00 e. The quantitative estimate of drug-likeness (QED) is 0.195. The van der Waals surface area contributed by atoms with Crippen LogP contribution in [0.5, 0.6) is 0 Å². The van der Waals surface area contributed by atoms with Gasteiger partial charge in [-0.1, -0.05) is 23.2 Å². The van der Waals surface area contributed by atoms with E-state index < -0.39 is 30.0 Å². The molecule has 4 rings (SSSR count). The van der Waals surface area contributed by atoms with E-state index in [2.05, 4.69) is 9.47 Å². The number of rotatable bonds is 0. The van der Waals surface area contributed by atoms with Crippen LogP contribution in [0.25, 0.3) is 0 Å². The number of ether oxygens (including phenoxy) is 2. The van der Waals surface area contributed by atoms with Crippen molar-refractivity contribution in [3.63, 3.8) is 0 Å². The SMILES string of the molecule is O=C([O-])[O-].O=C1OC(=O)c2cc(Cl)ccc21.O=C1OC(=O)c2cc(Cl)ccc21.[K+].[K+]. The first-order chi connectivity index (χ1) is 13.1. The van der Waals surface area contributed by atoms with Crippen molar-refractivity contribution in [1.29, 1.82) is 0 Å². The molecule has 9 nitrogen and oxygen atoms in total. The molecule has 2 aromatic rings. The van der Waals surface area contributed by atoms with Gasteiger partial charge in [0.1, 0.15) is 0 Å². The number of benzene rings is 2. The van der Waals surface area contributed by atoms with E-state index in [1.54, 1.807) is 12.1 Å². The predicted molar refractivity (Wildman–Crippen MR) is 87.8 cm³/mol. The van der Waals surface area contributed by atoms with E-state index in [1.165, 1.54) is 24.3 Å². The van der Waals surface area contributed by atoms with Gasteiger partial charge in [-0.15, -0.1) is 0 Å². The number of fused-ring (bicyclic) bond motifs is 2. The molecule has 0 amide bonds. The molecule has 0 N–H and O–H groups in total. The monoisotopic (exact) mass is 502 g/mol. The molecule has 13 heteroatoms. The van der Waals surface area contributed by atoms with Crippen LogP contribution in [0, 0.1) is 0 Å². The van der Waals surface area contributed by atoms with Gasteiger partial charge < -0.3 is 24.5 Å². The number of carbonyl (C=O) groups is 5. The van der Waals surface area contributed by atoms with Crippen LogP contribution in [0.15, 0.2) is 36.4 Å². The van der Waals surface area contributed by atoms with Crippen molar-refractivity contribution < 1.29 is 146 Å². The molecule has 2 aliphatic rings. The fraction of sp³-hybridized carbons (Fsp3) is 0. The first kappa shape index (κ1) is 29.8. The van der Waals surface area contributed by atoms with Crippen molar-refractivity contribution >= 4 is 53.2 Å². The first-order valence-electron chi connectivity index (χ1n) is 7.10. The number of carboxylic acid groups (broad SMARTS) is 2. The van der Waals surface area contributed by atoms with E-state index in [0.29, 0.717) is 10.0 Å². The minimum absolute atomic E-state index is 0. The summed E-state index contributed by atoms with van der Waals surface area (Å²) >= 11 is 11.2. The molecule has 2 aromatic carbocycles. The third kappa shape index (κ3) is 8.08. The number of hydrogen-bond acceptors (Lipinski definition) is 9. The molecule has 0 atom stereocenters. The second-order valence-electron chi connectivity index (χ2n) is 4.98. The number of esters is 4. The van der Waals surface area contributed by atoms with Gasteiger partial charge in [-0.2, -0.15) is 0 Å². The van der Waals surface area contributed by atoms with E-state index in [0.717, 1.165) is 0 Å². The van der Waals surface area contributed by atoms with Crippen molar-refractivity contribution in [1.82, 2.24) is 0 Å². The van der Waals surface area contributed by atoms with Crippen molar-refractivity contribution in [2.75, 3.05) is 0 Å². The summed E-state index contributed by atoms with van der Waals surface area (Å²) in [6.07, 6.45) is -2.33. The van der Waals surface area contributed by atoms with Gasteiger partial charge in [0, 0.05) is 10.0 Å². The molecular formula is C17H6Cl2K2O9. The smallest absolute Gasteiger partial charge is 0.652 e. The number of cyclic esters (lactones) is 4. The summed E-state index contributed by atoms with van der Waals surface area (Å²) < 4.78 is 8.70. The second-order valence-corrected chi connectivity index (χ2v) is 5.86. The minimum atomic E-state index is -2.33. The molecule has 30 heavy (non-hydrogen) atoms. The Morgan fingerprint density at radius 3 is 1.20 bits per heavy atom. The van der Waals surface area contributed by atoms with Gasteiger partial charge in [0.15, 0.2) is 0 Å². The zero-order chi connectivity index (χ0) is 21.0. The summed E-state index contributed by atoms with van der Waals surface area (Å²) in [5.74, 6) is -2.46. The third-order valence-corrected chi connectivity index (χ3v) is 3.68. The first-order valence-corrected chi connectivity index (χ1v) is 7.86. The van der Waals surface area contributed by atoms with E-state index in [4.69, 9.17) is 38.2 Å².